The molecule has 1 N–H and O–H groups in total. The molecule has 0 unspecified atom stereocenters. The number of hydrogen-bond acceptors (Lipinski definition) is 5. The summed E-state index contributed by atoms with van der Waals surface area (Å²) < 4.78 is 31.1. The van der Waals surface area contributed by atoms with Crippen molar-refractivity contribution in [3.05, 3.63) is 51.7 Å². The number of carbonyl (C=O) groups is 1. The van der Waals surface area contributed by atoms with Crippen LogP contribution in [-0.2, 0) is 17.1 Å². The first-order valence-electron chi connectivity index (χ1n) is 11.1. The summed E-state index contributed by atoms with van der Waals surface area (Å²) in [6.45, 7) is 8.98. The molecular formula is C24H30N4O3S2. The Kier molecular flexibility index (Phi) is 6.37. The number of nitrogens with zero attached hydrogens (tertiary/aromatic N) is 3. The Hall–Kier alpha value is -2.65. The SMILES string of the molecule is Cc1ccc(C)c(NS(=O)(=O)c2cc(-c3nc(C)c(C(=O)N4CCCCC4)s3)n(C)c2C)c1. The Bertz CT molecular complexity index is 1320. The van der Waals surface area contributed by atoms with Gasteiger partial charge in [-0.05, 0) is 70.2 Å². The monoisotopic (exact) mass is 486 g/mol. The van der Waals surface area contributed by atoms with Crippen LogP contribution in [0, 0.1) is 27.7 Å². The predicted molar refractivity (Wildman–Crippen MR) is 132 cm³/mol. The number of nitrogens with one attached hydrogen (secondary N) is 1. The van der Waals surface area contributed by atoms with Gasteiger partial charge in [-0.25, -0.2) is 13.4 Å². The molecule has 0 bridgehead atoms. The third-order valence-electron chi connectivity index (χ3n) is 6.27. The molecule has 2 aromatic heterocycles. The molecule has 0 atom stereocenters. The van der Waals surface area contributed by atoms with Crippen LogP contribution in [0.25, 0.3) is 10.7 Å². The quantitative estimate of drug-likeness (QED) is 0.561. The van der Waals surface area contributed by atoms with Crippen molar-refractivity contribution in [3.8, 4) is 10.7 Å². The number of aryl methyl sites for hydroxylation is 3. The van der Waals surface area contributed by atoms with Crippen LogP contribution in [0.15, 0.2) is 29.2 Å². The van der Waals surface area contributed by atoms with E-state index < -0.39 is 10.0 Å². The topological polar surface area (TPSA) is 84.3 Å². The lowest BCUT2D eigenvalue weighted by molar-refractivity contribution is 0.0728. The van der Waals surface area contributed by atoms with Gasteiger partial charge in [-0.3, -0.25) is 9.52 Å². The molecule has 1 fully saturated rings. The van der Waals surface area contributed by atoms with Gasteiger partial charge in [-0.15, -0.1) is 11.3 Å². The van der Waals surface area contributed by atoms with Crippen LogP contribution in [0.1, 0.15) is 51.4 Å². The highest BCUT2D eigenvalue weighted by Crippen LogP contribution is 2.34. The number of benzene rings is 1. The van der Waals surface area contributed by atoms with E-state index in [0.717, 1.165) is 43.5 Å². The van der Waals surface area contributed by atoms with Crippen molar-refractivity contribution in [1.82, 2.24) is 14.5 Å². The molecular weight excluding hydrogens is 456 g/mol. The first-order valence-corrected chi connectivity index (χ1v) is 13.4. The molecule has 0 aliphatic carbocycles. The Morgan fingerprint density at radius 2 is 1.76 bits per heavy atom. The second-order valence-electron chi connectivity index (χ2n) is 8.75. The normalized spacial score (nSPS) is 14.5. The van der Waals surface area contributed by atoms with Crippen molar-refractivity contribution in [2.24, 2.45) is 7.05 Å². The highest BCUT2D eigenvalue weighted by Gasteiger charge is 2.27. The largest absolute Gasteiger partial charge is 0.345 e. The van der Waals surface area contributed by atoms with E-state index >= 15 is 0 Å². The summed E-state index contributed by atoms with van der Waals surface area (Å²) in [5.41, 5.74) is 4.38. The van der Waals surface area contributed by atoms with Crippen LogP contribution in [0.4, 0.5) is 5.69 Å². The van der Waals surface area contributed by atoms with Crippen molar-refractivity contribution in [2.45, 2.75) is 51.9 Å². The summed E-state index contributed by atoms with van der Waals surface area (Å²) in [7, 11) is -1.97. The van der Waals surface area contributed by atoms with E-state index in [0.29, 0.717) is 32.7 Å². The maximum atomic E-state index is 13.3. The fourth-order valence-electron chi connectivity index (χ4n) is 4.14. The molecule has 3 aromatic rings. The van der Waals surface area contributed by atoms with Crippen LogP contribution in [0.2, 0.25) is 0 Å². The maximum absolute atomic E-state index is 13.3. The standard InChI is InChI=1S/C24H30N4O3S2/c1-15-9-10-16(2)19(13-15)26-33(30,31)21-14-20(27(5)18(21)4)23-25-17(3)22(32-23)24(29)28-11-7-6-8-12-28/h9-10,13-14,26H,6-8,11-12H2,1-5H3. The molecule has 0 saturated carbocycles. The van der Waals surface area contributed by atoms with Crippen molar-refractivity contribution in [1.29, 1.82) is 0 Å². The Labute approximate surface area is 199 Å². The number of likely N-dealkylation sites (tertiary alicyclic amines) is 1. The third kappa shape index (κ3) is 4.56. The molecule has 33 heavy (non-hydrogen) atoms. The molecule has 4 rings (SSSR count). The second-order valence-corrected chi connectivity index (χ2v) is 11.4. The highest BCUT2D eigenvalue weighted by atomic mass is 32.2. The van der Waals surface area contributed by atoms with Gasteiger partial charge in [0.15, 0.2) is 0 Å². The number of carbonyl (C=O) groups excluding carboxylic acids is 1. The minimum atomic E-state index is -3.80. The van der Waals surface area contributed by atoms with Crippen LogP contribution in [-0.4, -0.2) is 41.9 Å². The van der Waals surface area contributed by atoms with E-state index in [1.807, 2.05) is 55.5 Å². The Morgan fingerprint density at radius 1 is 1.06 bits per heavy atom. The first kappa shape index (κ1) is 23.5. The molecule has 1 aliphatic rings. The van der Waals surface area contributed by atoms with Gasteiger partial charge in [-0.2, -0.15) is 0 Å². The number of thiazole rings is 1. The zero-order valence-corrected chi connectivity index (χ0v) is 21.4. The average molecular weight is 487 g/mol. The molecule has 0 radical (unpaired) electrons. The van der Waals surface area contributed by atoms with Crippen LogP contribution < -0.4 is 4.72 Å². The molecule has 1 aromatic carbocycles. The number of rotatable bonds is 5. The van der Waals surface area contributed by atoms with Crippen molar-refractivity contribution in [3.63, 3.8) is 0 Å². The lowest BCUT2D eigenvalue weighted by Crippen LogP contribution is -2.35. The Morgan fingerprint density at radius 3 is 2.45 bits per heavy atom. The van der Waals surface area contributed by atoms with Gasteiger partial charge in [0, 0.05) is 25.8 Å². The van der Waals surface area contributed by atoms with Gasteiger partial charge in [0.2, 0.25) is 0 Å². The number of sulfonamides is 1. The highest BCUT2D eigenvalue weighted by molar-refractivity contribution is 7.92. The van der Waals surface area contributed by atoms with E-state index in [-0.39, 0.29) is 10.8 Å². The second kappa shape index (κ2) is 8.95. The van der Waals surface area contributed by atoms with Gasteiger partial charge >= 0.3 is 0 Å². The summed E-state index contributed by atoms with van der Waals surface area (Å²) >= 11 is 1.33. The summed E-state index contributed by atoms with van der Waals surface area (Å²) in [5, 5.41) is 0.645. The number of piperidine rings is 1. The van der Waals surface area contributed by atoms with Gasteiger partial charge in [-0.1, -0.05) is 12.1 Å². The van der Waals surface area contributed by atoms with Crippen molar-refractivity contribution in [2.75, 3.05) is 17.8 Å². The van der Waals surface area contributed by atoms with Gasteiger partial charge in [0.05, 0.1) is 17.1 Å². The summed E-state index contributed by atoms with van der Waals surface area (Å²) in [4.78, 5) is 20.4. The van der Waals surface area contributed by atoms with Crippen molar-refractivity contribution >= 4 is 33.0 Å². The maximum Gasteiger partial charge on any atom is 0.265 e. The van der Waals surface area contributed by atoms with Crippen LogP contribution >= 0.6 is 11.3 Å². The molecule has 0 spiro atoms. The van der Waals surface area contributed by atoms with Gasteiger partial charge in [0.1, 0.15) is 14.8 Å². The summed E-state index contributed by atoms with van der Waals surface area (Å²) in [5.74, 6) is 0.0197. The molecule has 9 heteroatoms. The number of aromatic nitrogens is 2. The zero-order chi connectivity index (χ0) is 23.9. The van der Waals surface area contributed by atoms with E-state index in [4.69, 9.17) is 0 Å². The number of amides is 1. The van der Waals surface area contributed by atoms with Crippen LogP contribution in [0.3, 0.4) is 0 Å². The van der Waals surface area contributed by atoms with Gasteiger partial charge in [0.25, 0.3) is 15.9 Å². The lowest BCUT2D eigenvalue weighted by atomic mass is 10.1. The van der Waals surface area contributed by atoms with Gasteiger partial charge < -0.3 is 9.47 Å². The first-order chi connectivity index (χ1) is 15.6. The average Bonchev–Trinajstić information content (AvgIpc) is 3.30. The molecule has 7 nitrogen and oxygen atoms in total. The minimum Gasteiger partial charge on any atom is -0.345 e. The predicted octanol–water partition coefficient (Wildman–Crippen LogP) is 4.81. The van der Waals surface area contributed by atoms with E-state index in [1.165, 1.54) is 11.3 Å². The van der Waals surface area contributed by atoms with Crippen molar-refractivity contribution < 1.29 is 13.2 Å². The Balaban J connectivity index is 1.67. The molecule has 3 heterocycles. The minimum absolute atomic E-state index is 0.0197. The summed E-state index contributed by atoms with van der Waals surface area (Å²) in [6.07, 6.45) is 3.22. The van der Waals surface area contributed by atoms with Crippen LogP contribution in [0.5, 0.6) is 0 Å². The number of hydrogen-bond donors (Lipinski definition) is 1. The summed E-state index contributed by atoms with van der Waals surface area (Å²) in [6, 6.07) is 7.33. The smallest absolute Gasteiger partial charge is 0.265 e. The van der Waals surface area contributed by atoms with E-state index in [9.17, 15) is 13.2 Å². The lowest BCUT2D eigenvalue weighted by Gasteiger charge is -2.26. The van der Waals surface area contributed by atoms with E-state index in [2.05, 4.69) is 9.71 Å². The molecule has 176 valence electrons. The zero-order valence-electron chi connectivity index (χ0n) is 19.7. The fourth-order valence-corrected chi connectivity index (χ4v) is 6.64. The van der Waals surface area contributed by atoms with E-state index in [1.54, 1.807) is 13.0 Å². The molecule has 1 amide bonds. The third-order valence-corrected chi connectivity index (χ3v) is 8.92. The number of anilines is 1. The fraction of sp³-hybridized carbons (Fsp3) is 0.417. The molecule has 1 saturated heterocycles. The molecule has 1 aliphatic heterocycles.